The first-order valence-electron chi connectivity index (χ1n) is 6.78. The van der Waals surface area contributed by atoms with Crippen molar-refractivity contribution in [3.05, 3.63) is 23.8 Å². The largest absolute Gasteiger partial charge is 0.399 e. The third-order valence-corrected chi connectivity index (χ3v) is 5.30. The van der Waals surface area contributed by atoms with Crippen LogP contribution >= 0.6 is 0 Å². The molecule has 1 aromatic rings. The molecular formula is C14H19N3O2S. The number of nitriles is 1. The molecule has 0 bridgehead atoms. The van der Waals surface area contributed by atoms with E-state index < -0.39 is 10.0 Å². The van der Waals surface area contributed by atoms with Crippen molar-refractivity contribution in [3.63, 3.8) is 0 Å². The highest BCUT2D eigenvalue weighted by molar-refractivity contribution is 7.89. The molecule has 1 fully saturated rings. The summed E-state index contributed by atoms with van der Waals surface area (Å²) < 4.78 is 26.9. The Morgan fingerprint density at radius 2 is 2.15 bits per heavy atom. The first-order chi connectivity index (χ1) is 9.48. The van der Waals surface area contributed by atoms with Gasteiger partial charge in [-0.2, -0.15) is 9.57 Å². The smallest absolute Gasteiger partial charge is 0.244 e. The van der Waals surface area contributed by atoms with E-state index in [1.165, 1.54) is 22.5 Å². The summed E-state index contributed by atoms with van der Waals surface area (Å²) in [5.41, 5.74) is 6.12. The van der Waals surface area contributed by atoms with E-state index in [1.54, 1.807) is 0 Å². The molecule has 0 radical (unpaired) electrons. The Balaban J connectivity index is 2.38. The lowest BCUT2D eigenvalue weighted by molar-refractivity contribution is 0.395. The van der Waals surface area contributed by atoms with Crippen molar-refractivity contribution >= 4 is 15.7 Å². The minimum absolute atomic E-state index is 0.0586. The minimum atomic E-state index is -3.62. The maximum absolute atomic E-state index is 12.7. The zero-order chi connectivity index (χ0) is 14.8. The van der Waals surface area contributed by atoms with E-state index in [1.807, 2.05) is 13.0 Å². The fraction of sp³-hybridized carbons (Fsp3) is 0.500. The van der Waals surface area contributed by atoms with E-state index in [2.05, 4.69) is 0 Å². The van der Waals surface area contributed by atoms with Crippen molar-refractivity contribution in [2.75, 3.05) is 18.8 Å². The second kappa shape index (κ2) is 5.81. The van der Waals surface area contributed by atoms with Gasteiger partial charge >= 0.3 is 0 Å². The van der Waals surface area contributed by atoms with Crippen LogP contribution in [-0.4, -0.2) is 25.8 Å². The highest BCUT2D eigenvalue weighted by Crippen LogP contribution is 2.32. The monoisotopic (exact) mass is 293 g/mol. The molecular weight excluding hydrogens is 274 g/mol. The molecule has 0 aromatic heterocycles. The third kappa shape index (κ3) is 3.11. The van der Waals surface area contributed by atoms with Crippen molar-refractivity contribution in [2.24, 2.45) is 5.92 Å². The van der Waals surface area contributed by atoms with E-state index in [4.69, 9.17) is 11.0 Å². The second-order valence-corrected chi connectivity index (χ2v) is 7.08. The minimum Gasteiger partial charge on any atom is -0.399 e. The Bertz CT molecular complexity index is 630. The van der Waals surface area contributed by atoms with Crippen LogP contribution in [0.3, 0.4) is 0 Å². The summed E-state index contributed by atoms with van der Waals surface area (Å²) in [6.45, 7) is 2.98. The van der Waals surface area contributed by atoms with Gasteiger partial charge in [0.05, 0.1) is 5.56 Å². The molecule has 1 aliphatic rings. The van der Waals surface area contributed by atoms with Crippen LogP contribution in [0.5, 0.6) is 0 Å². The molecule has 0 saturated heterocycles. The fourth-order valence-electron chi connectivity index (χ4n) is 2.15. The summed E-state index contributed by atoms with van der Waals surface area (Å²) in [4.78, 5) is 0.0586. The summed E-state index contributed by atoms with van der Waals surface area (Å²) in [5, 5.41) is 9.12. The summed E-state index contributed by atoms with van der Waals surface area (Å²) in [6.07, 6.45) is 2.92. The molecule has 0 amide bonds. The van der Waals surface area contributed by atoms with Crippen LogP contribution in [-0.2, 0) is 10.0 Å². The van der Waals surface area contributed by atoms with Crippen molar-refractivity contribution in [2.45, 2.75) is 31.1 Å². The van der Waals surface area contributed by atoms with Gasteiger partial charge in [-0.05, 0) is 43.4 Å². The molecule has 1 aliphatic carbocycles. The molecule has 0 atom stereocenters. The molecule has 6 heteroatoms. The number of hydrogen-bond donors (Lipinski definition) is 1. The molecule has 2 N–H and O–H groups in total. The first kappa shape index (κ1) is 14.8. The van der Waals surface area contributed by atoms with Crippen LogP contribution in [0.15, 0.2) is 23.1 Å². The Hall–Kier alpha value is -1.58. The van der Waals surface area contributed by atoms with E-state index >= 15 is 0 Å². The first-order valence-corrected chi connectivity index (χ1v) is 8.22. The van der Waals surface area contributed by atoms with Gasteiger partial charge in [0.2, 0.25) is 10.0 Å². The normalized spacial score (nSPS) is 15.2. The van der Waals surface area contributed by atoms with E-state index in [-0.39, 0.29) is 10.5 Å². The molecule has 20 heavy (non-hydrogen) atoms. The number of hydrogen-bond acceptors (Lipinski definition) is 4. The highest BCUT2D eigenvalue weighted by Gasteiger charge is 2.32. The zero-order valence-corrected chi connectivity index (χ0v) is 12.4. The Kier molecular flexibility index (Phi) is 4.31. The molecule has 0 aliphatic heterocycles. The zero-order valence-electron chi connectivity index (χ0n) is 11.5. The maximum atomic E-state index is 12.7. The fourth-order valence-corrected chi connectivity index (χ4v) is 3.88. The predicted molar refractivity (Wildman–Crippen MR) is 77.3 cm³/mol. The van der Waals surface area contributed by atoms with Gasteiger partial charge in [-0.3, -0.25) is 0 Å². The molecule has 1 aromatic carbocycles. The standard InChI is InChI=1S/C14H19N3O2S/c1-2-7-17(10-11-3-4-11)20(18,19)14-6-5-13(16)8-12(14)9-15/h5-6,8,11H,2-4,7,10,16H2,1H3. The average Bonchev–Trinajstić information content (AvgIpc) is 3.21. The van der Waals surface area contributed by atoms with Crippen LogP contribution in [0.25, 0.3) is 0 Å². The lowest BCUT2D eigenvalue weighted by atomic mass is 10.2. The van der Waals surface area contributed by atoms with Crippen molar-refractivity contribution in [3.8, 4) is 6.07 Å². The molecule has 0 spiro atoms. The molecule has 0 heterocycles. The highest BCUT2D eigenvalue weighted by atomic mass is 32.2. The van der Waals surface area contributed by atoms with Gasteiger partial charge in [0.1, 0.15) is 11.0 Å². The predicted octanol–water partition coefficient (Wildman–Crippen LogP) is 1.95. The topological polar surface area (TPSA) is 87.2 Å². The van der Waals surface area contributed by atoms with Crippen LogP contribution in [0.1, 0.15) is 31.7 Å². The van der Waals surface area contributed by atoms with Gasteiger partial charge in [0, 0.05) is 18.8 Å². The van der Waals surface area contributed by atoms with Gasteiger partial charge in [0.25, 0.3) is 0 Å². The number of rotatable bonds is 6. The number of nitrogen functional groups attached to an aromatic ring is 1. The third-order valence-electron chi connectivity index (χ3n) is 3.37. The number of anilines is 1. The van der Waals surface area contributed by atoms with E-state index in [9.17, 15) is 8.42 Å². The Morgan fingerprint density at radius 1 is 1.45 bits per heavy atom. The molecule has 108 valence electrons. The Labute approximate surface area is 120 Å². The summed E-state index contributed by atoms with van der Waals surface area (Å²) in [7, 11) is -3.62. The quantitative estimate of drug-likeness (QED) is 0.812. The number of nitrogens with zero attached hydrogens (tertiary/aromatic N) is 2. The van der Waals surface area contributed by atoms with Crippen LogP contribution in [0.4, 0.5) is 5.69 Å². The molecule has 0 unspecified atom stereocenters. The molecule has 1 saturated carbocycles. The van der Waals surface area contributed by atoms with Gasteiger partial charge in [0.15, 0.2) is 0 Å². The lowest BCUT2D eigenvalue weighted by Gasteiger charge is -2.22. The van der Waals surface area contributed by atoms with Gasteiger partial charge < -0.3 is 5.73 Å². The van der Waals surface area contributed by atoms with E-state index in [0.717, 1.165) is 19.3 Å². The summed E-state index contributed by atoms with van der Waals surface area (Å²) in [6, 6.07) is 6.29. The van der Waals surface area contributed by atoms with Gasteiger partial charge in [-0.15, -0.1) is 0 Å². The van der Waals surface area contributed by atoms with Crippen LogP contribution < -0.4 is 5.73 Å². The summed E-state index contributed by atoms with van der Waals surface area (Å²) in [5.74, 6) is 0.468. The van der Waals surface area contributed by atoms with Crippen molar-refractivity contribution in [1.29, 1.82) is 5.26 Å². The molecule has 2 rings (SSSR count). The van der Waals surface area contributed by atoms with Gasteiger partial charge in [-0.1, -0.05) is 6.92 Å². The number of sulfonamides is 1. The van der Waals surface area contributed by atoms with Crippen molar-refractivity contribution < 1.29 is 8.42 Å². The van der Waals surface area contributed by atoms with Gasteiger partial charge in [-0.25, -0.2) is 8.42 Å². The van der Waals surface area contributed by atoms with Crippen molar-refractivity contribution in [1.82, 2.24) is 4.31 Å². The number of benzene rings is 1. The van der Waals surface area contributed by atoms with Crippen LogP contribution in [0.2, 0.25) is 0 Å². The van der Waals surface area contributed by atoms with Crippen LogP contribution in [0, 0.1) is 17.2 Å². The SMILES string of the molecule is CCCN(CC1CC1)S(=O)(=O)c1ccc(N)cc1C#N. The lowest BCUT2D eigenvalue weighted by Crippen LogP contribution is -2.34. The number of nitrogens with two attached hydrogens (primary N) is 1. The molecule has 5 nitrogen and oxygen atoms in total. The van der Waals surface area contributed by atoms with E-state index in [0.29, 0.717) is 24.7 Å². The Morgan fingerprint density at radius 3 is 2.70 bits per heavy atom. The summed E-state index contributed by atoms with van der Waals surface area (Å²) >= 11 is 0. The average molecular weight is 293 g/mol. The second-order valence-electron chi connectivity index (χ2n) is 5.17. The maximum Gasteiger partial charge on any atom is 0.244 e.